The summed E-state index contributed by atoms with van der Waals surface area (Å²) in [6, 6.07) is 0. The minimum Gasteiger partial charge on any atom is -0.339 e. The van der Waals surface area contributed by atoms with Gasteiger partial charge in [-0.3, -0.25) is 0 Å². The van der Waals surface area contributed by atoms with Crippen LogP contribution in [0.15, 0.2) is 4.52 Å². The van der Waals surface area contributed by atoms with E-state index in [2.05, 4.69) is 30.9 Å². The van der Waals surface area contributed by atoms with Gasteiger partial charge in [-0.15, -0.1) is 12.4 Å². The molecule has 1 fully saturated rings. The first-order valence-electron chi connectivity index (χ1n) is 6.16. The predicted octanol–water partition coefficient (Wildman–Crippen LogP) is 2.98. The normalized spacial score (nSPS) is 20.3. The number of aromatic nitrogens is 2. The van der Waals surface area contributed by atoms with Gasteiger partial charge in [0, 0.05) is 5.92 Å². The Kier molecular flexibility index (Phi) is 4.55. The van der Waals surface area contributed by atoms with Gasteiger partial charge in [0.1, 0.15) is 0 Å². The van der Waals surface area contributed by atoms with Crippen molar-refractivity contribution in [2.45, 2.75) is 57.9 Å². The first-order chi connectivity index (χ1) is 7.53. The van der Waals surface area contributed by atoms with Crippen LogP contribution in [0.4, 0.5) is 0 Å². The van der Waals surface area contributed by atoms with Crippen molar-refractivity contribution in [3.63, 3.8) is 0 Å². The van der Waals surface area contributed by atoms with Crippen molar-refractivity contribution < 1.29 is 4.52 Å². The smallest absolute Gasteiger partial charge is 0.229 e. The highest BCUT2D eigenvalue weighted by Crippen LogP contribution is 2.35. The summed E-state index contributed by atoms with van der Waals surface area (Å²) in [7, 11) is 0. The molecule has 0 spiro atoms. The zero-order chi connectivity index (χ0) is 11.8. The van der Waals surface area contributed by atoms with Gasteiger partial charge in [-0.1, -0.05) is 38.8 Å². The van der Waals surface area contributed by atoms with Gasteiger partial charge in [0.15, 0.2) is 5.82 Å². The van der Waals surface area contributed by atoms with E-state index in [1.807, 2.05) is 0 Å². The molecular weight excluding hydrogens is 238 g/mol. The van der Waals surface area contributed by atoms with E-state index in [0.717, 1.165) is 18.7 Å². The predicted molar refractivity (Wildman–Crippen MR) is 69.1 cm³/mol. The van der Waals surface area contributed by atoms with Gasteiger partial charge >= 0.3 is 0 Å². The molecule has 0 bridgehead atoms. The Morgan fingerprint density at radius 2 is 1.82 bits per heavy atom. The van der Waals surface area contributed by atoms with Crippen LogP contribution in [0, 0.1) is 5.92 Å². The molecular formula is C12H22ClN3O. The highest BCUT2D eigenvalue weighted by molar-refractivity contribution is 5.85. The van der Waals surface area contributed by atoms with E-state index in [-0.39, 0.29) is 17.9 Å². The van der Waals surface area contributed by atoms with Gasteiger partial charge < -0.3 is 10.3 Å². The molecule has 0 aliphatic heterocycles. The van der Waals surface area contributed by atoms with Crippen molar-refractivity contribution in [1.82, 2.24) is 10.1 Å². The Balaban J connectivity index is 0.00000144. The monoisotopic (exact) mass is 259 g/mol. The fraction of sp³-hybridized carbons (Fsp3) is 0.833. The van der Waals surface area contributed by atoms with E-state index in [1.165, 1.54) is 12.8 Å². The van der Waals surface area contributed by atoms with Crippen LogP contribution in [0.3, 0.4) is 0 Å². The second kappa shape index (κ2) is 5.36. The first-order valence-corrected chi connectivity index (χ1v) is 6.16. The number of hydrogen-bond donors (Lipinski definition) is 1. The first kappa shape index (κ1) is 14.5. The molecule has 0 aromatic carbocycles. The Bertz CT molecular complexity index is 358. The molecule has 2 rings (SSSR count). The molecule has 1 aromatic heterocycles. The summed E-state index contributed by atoms with van der Waals surface area (Å²) in [6.45, 7) is 6.42. The Morgan fingerprint density at radius 3 is 2.35 bits per heavy atom. The highest BCUT2D eigenvalue weighted by atomic mass is 35.5. The quantitative estimate of drug-likeness (QED) is 0.906. The zero-order valence-electron chi connectivity index (χ0n) is 10.8. The second-order valence-electron chi connectivity index (χ2n) is 5.35. The summed E-state index contributed by atoms with van der Waals surface area (Å²) in [5.41, 5.74) is 5.95. The molecule has 17 heavy (non-hydrogen) atoms. The topological polar surface area (TPSA) is 64.9 Å². The molecule has 1 saturated carbocycles. The van der Waals surface area contributed by atoms with Crippen LogP contribution >= 0.6 is 12.4 Å². The van der Waals surface area contributed by atoms with Crippen LogP contribution in [0.1, 0.15) is 64.1 Å². The molecule has 98 valence electrons. The third kappa shape index (κ3) is 2.80. The number of nitrogens with zero attached hydrogens (tertiary/aromatic N) is 2. The molecule has 1 aromatic rings. The summed E-state index contributed by atoms with van der Waals surface area (Å²) in [5.74, 6) is 2.23. The molecule has 1 unspecified atom stereocenters. The number of hydrogen-bond acceptors (Lipinski definition) is 4. The van der Waals surface area contributed by atoms with Crippen molar-refractivity contribution in [3.8, 4) is 0 Å². The molecule has 1 heterocycles. The van der Waals surface area contributed by atoms with Crippen LogP contribution < -0.4 is 5.73 Å². The van der Waals surface area contributed by atoms with E-state index in [4.69, 9.17) is 10.3 Å². The van der Waals surface area contributed by atoms with E-state index < -0.39 is 0 Å². The number of halogens is 1. The van der Waals surface area contributed by atoms with Gasteiger partial charge in [0.2, 0.25) is 5.89 Å². The standard InChI is InChI=1S/C12H21N3O.ClH/c1-8(2)9(3)10-14-11(15-16-10)12(13)6-4-5-7-12;/h8-9H,4-7,13H2,1-3H3;1H. The van der Waals surface area contributed by atoms with Crippen LogP contribution in [0.2, 0.25) is 0 Å². The fourth-order valence-corrected chi connectivity index (χ4v) is 2.14. The average Bonchev–Trinajstić information content (AvgIpc) is 2.85. The maximum atomic E-state index is 6.28. The largest absolute Gasteiger partial charge is 0.339 e. The van der Waals surface area contributed by atoms with Crippen molar-refractivity contribution >= 4 is 12.4 Å². The van der Waals surface area contributed by atoms with E-state index in [0.29, 0.717) is 17.7 Å². The van der Waals surface area contributed by atoms with Crippen molar-refractivity contribution in [2.75, 3.05) is 0 Å². The molecule has 5 heteroatoms. The lowest BCUT2D eigenvalue weighted by molar-refractivity contribution is 0.319. The molecule has 4 nitrogen and oxygen atoms in total. The van der Waals surface area contributed by atoms with Crippen LogP contribution in [-0.4, -0.2) is 10.1 Å². The van der Waals surface area contributed by atoms with Gasteiger partial charge in [0.25, 0.3) is 0 Å². The number of nitrogens with two attached hydrogens (primary N) is 1. The average molecular weight is 260 g/mol. The summed E-state index contributed by atoms with van der Waals surface area (Å²) < 4.78 is 5.32. The van der Waals surface area contributed by atoms with E-state index in [9.17, 15) is 0 Å². The number of rotatable bonds is 3. The summed E-state index contributed by atoms with van der Waals surface area (Å²) in [5, 5.41) is 4.06. The minimum absolute atomic E-state index is 0. The lowest BCUT2D eigenvalue weighted by atomic mass is 9.97. The SMILES string of the molecule is CC(C)C(C)c1nc(C2(N)CCCC2)no1.Cl. The summed E-state index contributed by atoms with van der Waals surface area (Å²) in [4.78, 5) is 4.48. The molecule has 1 aliphatic rings. The van der Waals surface area contributed by atoms with Gasteiger partial charge in [0.05, 0.1) is 5.54 Å². The lowest BCUT2D eigenvalue weighted by Gasteiger charge is -2.18. The Hall–Kier alpha value is -0.610. The summed E-state index contributed by atoms with van der Waals surface area (Å²) in [6.07, 6.45) is 4.28. The van der Waals surface area contributed by atoms with Gasteiger partial charge in [-0.25, -0.2) is 0 Å². The molecule has 1 aliphatic carbocycles. The van der Waals surface area contributed by atoms with Crippen molar-refractivity contribution in [1.29, 1.82) is 0 Å². The Morgan fingerprint density at radius 1 is 1.24 bits per heavy atom. The van der Waals surface area contributed by atoms with Crippen LogP contribution in [-0.2, 0) is 5.54 Å². The summed E-state index contributed by atoms with van der Waals surface area (Å²) >= 11 is 0. The zero-order valence-corrected chi connectivity index (χ0v) is 11.6. The third-order valence-corrected chi connectivity index (χ3v) is 3.77. The van der Waals surface area contributed by atoms with E-state index in [1.54, 1.807) is 0 Å². The lowest BCUT2D eigenvalue weighted by Crippen LogP contribution is -2.34. The maximum absolute atomic E-state index is 6.28. The third-order valence-electron chi connectivity index (χ3n) is 3.77. The Labute approximate surface area is 109 Å². The molecule has 1 atom stereocenters. The van der Waals surface area contributed by atoms with Crippen molar-refractivity contribution in [3.05, 3.63) is 11.7 Å². The second-order valence-corrected chi connectivity index (χ2v) is 5.35. The van der Waals surface area contributed by atoms with Crippen LogP contribution in [0.25, 0.3) is 0 Å². The van der Waals surface area contributed by atoms with E-state index >= 15 is 0 Å². The van der Waals surface area contributed by atoms with Crippen LogP contribution in [0.5, 0.6) is 0 Å². The molecule has 0 amide bonds. The van der Waals surface area contributed by atoms with Gasteiger partial charge in [-0.2, -0.15) is 4.98 Å². The maximum Gasteiger partial charge on any atom is 0.229 e. The van der Waals surface area contributed by atoms with Gasteiger partial charge in [-0.05, 0) is 18.8 Å². The minimum atomic E-state index is -0.335. The molecule has 0 radical (unpaired) electrons. The molecule has 2 N–H and O–H groups in total. The highest BCUT2D eigenvalue weighted by Gasteiger charge is 2.36. The van der Waals surface area contributed by atoms with Crippen molar-refractivity contribution in [2.24, 2.45) is 11.7 Å². The fourth-order valence-electron chi connectivity index (χ4n) is 2.14. The molecule has 0 saturated heterocycles.